The van der Waals surface area contributed by atoms with Gasteiger partial charge in [0.1, 0.15) is 0 Å². The topological polar surface area (TPSA) is 61.0 Å². The summed E-state index contributed by atoms with van der Waals surface area (Å²) in [6.07, 6.45) is 5.11. The second kappa shape index (κ2) is 5.48. The molecule has 1 fully saturated rings. The first-order chi connectivity index (χ1) is 9.33. The van der Waals surface area contributed by atoms with Gasteiger partial charge in [0.15, 0.2) is 10.8 Å². The maximum Gasteiger partial charge on any atom is 0.195 e. The lowest BCUT2D eigenvalue weighted by Gasteiger charge is -2.33. The number of rotatable bonds is 4. The van der Waals surface area contributed by atoms with Crippen LogP contribution < -0.4 is 4.90 Å². The average molecular weight is 281 g/mol. The second-order valence-electron chi connectivity index (χ2n) is 5.06. The van der Waals surface area contributed by atoms with Gasteiger partial charge in [0.05, 0.1) is 12.3 Å². The molecule has 3 heterocycles. The van der Waals surface area contributed by atoms with E-state index in [-0.39, 0.29) is 13.2 Å². The zero-order valence-electron chi connectivity index (χ0n) is 10.8. The summed E-state index contributed by atoms with van der Waals surface area (Å²) in [7, 11) is 0. The van der Waals surface area contributed by atoms with Crippen LogP contribution in [0.25, 0.3) is 4.96 Å². The van der Waals surface area contributed by atoms with Gasteiger partial charge in [0, 0.05) is 31.3 Å². The molecule has 6 heteroatoms. The molecule has 0 aliphatic carbocycles. The van der Waals surface area contributed by atoms with E-state index in [1.54, 1.807) is 11.3 Å². The Morgan fingerprint density at radius 3 is 3.11 bits per heavy atom. The van der Waals surface area contributed by atoms with Gasteiger partial charge in [-0.15, -0.1) is 11.3 Å². The zero-order chi connectivity index (χ0) is 13.2. The minimum atomic E-state index is 0.00833. The molecule has 1 aliphatic heterocycles. The molecule has 2 aromatic rings. The van der Waals surface area contributed by atoms with Gasteiger partial charge >= 0.3 is 0 Å². The Morgan fingerprint density at radius 2 is 2.32 bits per heavy atom. The first-order valence-corrected chi connectivity index (χ1v) is 7.62. The van der Waals surface area contributed by atoms with E-state index < -0.39 is 0 Å². The molecule has 1 unspecified atom stereocenters. The first-order valence-electron chi connectivity index (χ1n) is 6.74. The maximum absolute atomic E-state index is 9.60. The predicted molar refractivity (Wildman–Crippen MR) is 75.6 cm³/mol. The van der Waals surface area contributed by atoms with Gasteiger partial charge in [-0.25, -0.2) is 4.98 Å². The number of hydrogen-bond donors (Lipinski definition) is 2. The van der Waals surface area contributed by atoms with Crippen molar-refractivity contribution in [3.8, 4) is 0 Å². The minimum Gasteiger partial charge on any atom is -0.396 e. The number of aromatic nitrogens is 2. The Balaban J connectivity index is 1.88. The molecule has 2 N–H and O–H groups in total. The van der Waals surface area contributed by atoms with Crippen molar-refractivity contribution in [1.82, 2.24) is 9.38 Å². The molecular formula is C13H19N3O2S. The van der Waals surface area contributed by atoms with Crippen LogP contribution in [0.2, 0.25) is 0 Å². The van der Waals surface area contributed by atoms with E-state index in [2.05, 4.69) is 9.88 Å². The Labute approximate surface area is 116 Å². The molecule has 0 aromatic carbocycles. The monoisotopic (exact) mass is 281 g/mol. The quantitative estimate of drug-likeness (QED) is 0.891. The van der Waals surface area contributed by atoms with Crippen LogP contribution in [0.4, 0.5) is 5.82 Å². The molecule has 0 amide bonds. The number of fused-ring (bicyclic) bond motifs is 1. The predicted octanol–water partition coefficient (Wildman–Crippen LogP) is 1.49. The summed E-state index contributed by atoms with van der Waals surface area (Å²) < 4.78 is 1.97. The Morgan fingerprint density at radius 1 is 1.42 bits per heavy atom. The third-order valence-corrected chi connectivity index (χ3v) is 4.60. The fraction of sp³-hybridized carbons (Fsp3) is 0.615. The number of hydrogen-bond acceptors (Lipinski definition) is 5. The van der Waals surface area contributed by atoms with Gasteiger partial charge < -0.3 is 15.1 Å². The largest absolute Gasteiger partial charge is 0.396 e. The number of imidazole rings is 1. The van der Waals surface area contributed by atoms with Crippen molar-refractivity contribution < 1.29 is 10.2 Å². The summed E-state index contributed by atoms with van der Waals surface area (Å²) in [6.45, 7) is 2.18. The number of aliphatic hydroxyl groups is 2. The van der Waals surface area contributed by atoms with E-state index in [1.807, 2.05) is 16.0 Å². The average Bonchev–Trinajstić information content (AvgIpc) is 2.99. The van der Waals surface area contributed by atoms with Gasteiger partial charge in [-0.1, -0.05) is 0 Å². The molecule has 1 saturated heterocycles. The van der Waals surface area contributed by atoms with Crippen LogP contribution in [0.3, 0.4) is 0 Å². The molecule has 2 aromatic heterocycles. The minimum absolute atomic E-state index is 0.00833. The van der Waals surface area contributed by atoms with E-state index in [0.29, 0.717) is 5.92 Å². The smallest absolute Gasteiger partial charge is 0.195 e. The summed E-state index contributed by atoms with van der Waals surface area (Å²) >= 11 is 1.59. The summed E-state index contributed by atoms with van der Waals surface area (Å²) in [5.74, 6) is 1.45. The number of anilines is 1. The van der Waals surface area contributed by atoms with Crippen molar-refractivity contribution in [2.24, 2.45) is 5.92 Å². The van der Waals surface area contributed by atoms with Crippen molar-refractivity contribution in [2.45, 2.75) is 25.9 Å². The van der Waals surface area contributed by atoms with Crippen molar-refractivity contribution in [2.75, 3.05) is 24.6 Å². The molecule has 1 aliphatic rings. The van der Waals surface area contributed by atoms with E-state index >= 15 is 0 Å². The maximum atomic E-state index is 9.60. The van der Waals surface area contributed by atoms with Crippen molar-refractivity contribution >= 4 is 22.1 Å². The SMILES string of the molecule is OCCC1CCCN(c2nc3sccn3c2CO)C1. The van der Waals surface area contributed by atoms with Crippen LogP contribution in [-0.2, 0) is 6.61 Å². The third-order valence-electron chi connectivity index (χ3n) is 3.85. The normalized spacial score (nSPS) is 20.3. The van der Waals surface area contributed by atoms with Crippen LogP contribution >= 0.6 is 11.3 Å². The lowest BCUT2D eigenvalue weighted by atomic mass is 9.95. The zero-order valence-corrected chi connectivity index (χ0v) is 11.6. The van der Waals surface area contributed by atoms with Gasteiger partial charge in [-0.3, -0.25) is 4.40 Å². The first kappa shape index (κ1) is 12.9. The van der Waals surface area contributed by atoms with Crippen LogP contribution in [-0.4, -0.2) is 39.3 Å². The second-order valence-corrected chi connectivity index (χ2v) is 5.94. The molecule has 0 bridgehead atoms. The lowest BCUT2D eigenvalue weighted by Crippen LogP contribution is -2.36. The highest BCUT2D eigenvalue weighted by molar-refractivity contribution is 7.15. The number of thiazole rings is 1. The van der Waals surface area contributed by atoms with Gasteiger partial charge in [-0.05, 0) is 25.2 Å². The molecule has 1 atom stereocenters. The van der Waals surface area contributed by atoms with Gasteiger partial charge in [-0.2, -0.15) is 0 Å². The van der Waals surface area contributed by atoms with E-state index in [0.717, 1.165) is 42.4 Å². The molecule has 5 nitrogen and oxygen atoms in total. The highest BCUT2D eigenvalue weighted by Gasteiger charge is 2.24. The Kier molecular flexibility index (Phi) is 3.72. The third kappa shape index (κ3) is 2.35. The number of nitrogens with zero attached hydrogens (tertiary/aromatic N) is 3. The summed E-state index contributed by atoms with van der Waals surface area (Å²) in [5, 5.41) is 20.7. The van der Waals surface area contributed by atoms with Crippen LogP contribution in [0.15, 0.2) is 11.6 Å². The van der Waals surface area contributed by atoms with E-state index in [1.165, 1.54) is 6.42 Å². The fourth-order valence-electron chi connectivity index (χ4n) is 2.90. The standard InChI is InChI=1S/C13H19N3O2S/c17-6-3-10-2-1-4-15(8-10)12-11(9-18)16-5-7-19-13(16)14-12/h5,7,10,17-18H,1-4,6,8-9H2. The number of piperidine rings is 1. The van der Waals surface area contributed by atoms with Crippen LogP contribution in [0, 0.1) is 5.92 Å². The van der Waals surface area contributed by atoms with Gasteiger partial charge in [0.2, 0.25) is 0 Å². The Hall–Kier alpha value is -1.11. The van der Waals surface area contributed by atoms with E-state index in [4.69, 9.17) is 5.11 Å². The highest BCUT2D eigenvalue weighted by atomic mass is 32.1. The molecule has 0 spiro atoms. The highest BCUT2D eigenvalue weighted by Crippen LogP contribution is 2.29. The van der Waals surface area contributed by atoms with Crippen molar-refractivity contribution in [3.63, 3.8) is 0 Å². The molecule has 3 rings (SSSR count). The summed E-state index contributed by atoms with van der Waals surface area (Å²) in [5.41, 5.74) is 0.876. The van der Waals surface area contributed by atoms with Crippen molar-refractivity contribution in [1.29, 1.82) is 0 Å². The number of aliphatic hydroxyl groups excluding tert-OH is 2. The van der Waals surface area contributed by atoms with Crippen molar-refractivity contribution in [3.05, 3.63) is 17.3 Å². The lowest BCUT2D eigenvalue weighted by molar-refractivity contribution is 0.243. The molecular weight excluding hydrogens is 262 g/mol. The fourth-order valence-corrected chi connectivity index (χ4v) is 3.63. The van der Waals surface area contributed by atoms with Crippen LogP contribution in [0.5, 0.6) is 0 Å². The summed E-state index contributed by atoms with van der Waals surface area (Å²) in [6, 6.07) is 0. The summed E-state index contributed by atoms with van der Waals surface area (Å²) in [4.78, 5) is 7.84. The van der Waals surface area contributed by atoms with Gasteiger partial charge in [0.25, 0.3) is 0 Å². The molecule has 0 radical (unpaired) electrons. The molecule has 19 heavy (non-hydrogen) atoms. The molecule has 104 valence electrons. The van der Waals surface area contributed by atoms with E-state index in [9.17, 15) is 5.11 Å². The Bertz CT molecular complexity index is 549. The van der Waals surface area contributed by atoms with Crippen LogP contribution in [0.1, 0.15) is 25.0 Å². The molecule has 0 saturated carbocycles.